The number of carbonyl (C=O) groups excluding carboxylic acids is 2. The molecule has 5 nitrogen and oxygen atoms in total. The van der Waals surface area contributed by atoms with Crippen LogP contribution in [0.5, 0.6) is 0 Å². The van der Waals surface area contributed by atoms with Gasteiger partial charge in [-0.3, -0.25) is 9.59 Å². The minimum Gasteiger partial charge on any atom is -0.462 e. The first-order valence-corrected chi connectivity index (χ1v) is 6.36. The predicted octanol–water partition coefficient (Wildman–Crippen LogP) is 2.56. The van der Waals surface area contributed by atoms with E-state index in [4.69, 9.17) is 16.3 Å². The van der Waals surface area contributed by atoms with Crippen molar-refractivity contribution < 1.29 is 14.3 Å². The van der Waals surface area contributed by atoms with Gasteiger partial charge in [0.25, 0.3) is 0 Å². The number of nitrogens with one attached hydrogen (secondary N) is 1. The fraction of sp³-hybridized carbons (Fsp3) is 0.214. The molecule has 0 radical (unpaired) electrons. The first-order chi connectivity index (χ1) is 9.45. The molecule has 0 fully saturated rings. The van der Waals surface area contributed by atoms with E-state index in [0.29, 0.717) is 5.52 Å². The van der Waals surface area contributed by atoms with E-state index in [1.165, 1.54) is 25.3 Å². The fourth-order valence-electron chi connectivity index (χ4n) is 1.87. The Bertz CT molecular complexity index is 764. The Balaban J connectivity index is 2.72. The number of Topliss-reactive ketones (excluding diaryl/α,β-unsaturated/α-hetero) is 1. The molecule has 2 aromatic rings. The summed E-state index contributed by atoms with van der Waals surface area (Å²) in [6.45, 7) is 3.19. The summed E-state index contributed by atoms with van der Waals surface area (Å²) >= 11 is 5.97. The highest BCUT2D eigenvalue weighted by Gasteiger charge is 2.16. The lowest BCUT2D eigenvalue weighted by molar-refractivity contribution is 0.0524. The van der Waals surface area contributed by atoms with Gasteiger partial charge in [0.15, 0.2) is 5.78 Å². The molecule has 104 valence electrons. The van der Waals surface area contributed by atoms with Gasteiger partial charge < -0.3 is 9.72 Å². The van der Waals surface area contributed by atoms with Gasteiger partial charge in [0, 0.05) is 17.1 Å². The third-order valence-electron chi connectivity index (χ3n) is 2.84. The van der Waals surface area contributed by atoms with Crippen molar-refractivity contribution in [3.63, 3.8) is 0 Å². The number of hydrogen-bond acceptors (Lipinski definition) is 4. The van der Waals surface area contributed by atoms with E-state index >= 15 is 0 Å². The monoisotopic (exact) mass is 293 g/mol. The van der Waals surface area contributed by atoms with Crippen LogP contribution in [0.25, 0.3) is 10.9 Å². The number of halogens is 1. The van der Waals surface area contributed by atoms with Crippen molar-refractivity contribution in [2.24, 2.45) is 0 Å². The van der Waals surface area contributed by atoms with E-state index in [0.717, 1.165) is 0 Å². The number of aromatic nitrogens is 1. The van der Waals surface area contributed by atoms with E-state index in [1.54, 1.807) is 6.92 Å². The molecule has 0 unspecified atom stereocenters. The maximum atomic E-state index is 12.3. The van der Waals surface area contributed by atoms with Gasteiger partial charge in [-0.2, -0.15) is 0 Å². The van der Waals surface area contributed by atoms with E-state index < -0.39 is 11.4 Å². The van der Waals surface area contributed by atoms with Crippen LogP contribution in [0.2, 0.25) is 5.02 Å². The summed E-state index contributed by atoms with van der Waals surface area (Å²) in [5.74, 6) is -0.951. The summed E-state index contributed by atoms with van der Waals surface area (Å²) in [6, 6.07) is 2.88. The maximum Gasteiger partial charge on any atom is 0.343 e. The zero-order valence-electron chi connectivity index (χ0n) is 11.0. The van der Waals surface area contributed by atoms with Crippen molar-refractivity contribution in [2.75, 3.05) is 6.61 Å². The van der Waals surface area contributed by atoms with Crippen molar-refractivity contribution in [3.05, 3.63) is 44.7 Å². The molecule has 1 aromatic carbocycles. The summed E-state index contributed by atoms with van der Waals surface area (Å²) in [5.41, 5.74) is 0.108. The van der Waals surface area contributed by atoms with Crippen molar-refractivity contribution >= 4 is 34.3 Å². The second-order valence-electron chi connectivity index (χ2n) is 4.19. The number of pyridine rings is 1. The number of rotatable bonds is 3. The van der Waals surface area contributed by atoms with Gasteiger partial charge >= 0.3 is 5.97 Å². The standard InChI is InChI=1S/C14H12ClNO4/c1-3-20-14(19)10-6-16-12-5-11(15)8(7(2)17)4-9(12)13(10)18/h4-6H,3H2,1-2H3,(H,16,18). The number of H-pyrrole nitrogens is 1. The average Bonchev–Trinajstić information content (AvgIpc) is 2.38. The Morgan fingerprint density at radius 1 is 1.30 bits per heavy atom. The first-order valence-electron chi connectivity index (χ1n) is 5.98. The zero-order valence-corrected chi connectivity index (χ0v) is 11.7. The highest BCUT2D eigenvalue weighted by Crippen LogP contribution is 2.21. The average molecular weight is 294 g/mol. The van der Waals surface area contributed by atoms with E-state index in [1.807, 2.05) is 0 Å². The molecule has 0 spiro atoms. The van der Waals surface area contributed by atoms with Gasteiger partial charge in [-0.25, -0.2) is 4.79 Å². The highest BCUT2D eigenvalue weighted by molar-refractivity contribution is 6.34. The molecular formula is C14H12ClNO4. The second-order valence-corrected chi connectivity index (χ2v) is 4.59. The molecule has 0 saturated carbocycles. The summed E-state index contributed by atoms with van der Waals surface area (Å²) in [5, 5.41) is 0.481. The van der Waals surface area contributed by atoms with Crippen LogP contribution in [0, 0.1) is 0 Å². The van der Waals surface area contributed by atoms with Crippen molar-refractivity contribution in [3.8, 4) is 0 Å². The lowest BCUT2D eigenvalue weighted by Crippen LogP contribution is -2.18. The van der Waals surface area contributed by atoms with Crippen molar-refractivity contribution in [1.29, 1.82) is 0 Å². The number of benzene rings is 1. The highest BCUT2D eigenvalue weighted by atomic mass is 35.5. The molecule has 0 aliphatic carbocycles. The number of hydrogen-bond donors (Lipinski definition) is 1. The Hall–Kier alpha value is -2.14. The Kier molecular flexibility index (Phi) is 3.90. The first kappa shape index (κ1) is 14.3. The number of aromatic amines is 1. The van der Waals surface area contributed by atoms with Crippen LogP contribution in [-0.4, -0.2) is 23.3 Å². The molecule has 0 saturated heterocycles. The van der Waals surface area contributed by atoms with Gasteiger partial charge in [0.05, 0.1) is 17.1 Å². The van der Waals surface area contributed by atoms with Crippen molar-refractivity contribution in [1.82, 2.24) is 4.98 Å². The molecule has 1 N–H and O–H groups in total. The molecular weight excluding hydrogens is 282 g/mol. The summed E-state index contributed by atoms with van der Waals surface area (Å²) in [6.07, 6.45) is 1.28. The lowest BCUT2D eigenvalue weighted by atomic mass is 10.1. The normalized spacial score (nSPS) is 10.6. The molecule has 6 heteroatoms. The lowest BCUT2D eigenvalue weighted by Gasteiger charge is -2.06. The maximum absolute atomic E-state index is 12.3. The minimum atomic E-state index is -0.699. The Morgan fingerprint density at radius 2 is 2.00 bits per heavy atom. The molecule has 20 heavy (non-hydrogen) atoms. The van der Waals surface area contributed by atoms with Gasteiger partial charge in [-0.05, 0) is 26.0 Å². The Morgan fingerprint density at radius 3 is 2.60 bits per heavy atom. The number of esters is 1. The van der Waals surface area contributed by atoms with Gasteiger partial charge in [0.2, 0.25) is 5.43 Å². The van der Waals surface area contributed by atoms with Crippen LogP contribution in [0.3, 0.4) is 0 Å². The van der Waals surface area contributed by atoms with Crippen molar-refractivity contribution in [2.45, 2.75) is 13.8 Å². The smallest absolute Gasteiger partial charge is 0.343 e. The summed E-state index contributed by atoms with van der Waals surface area (Å²) < 4.78 is 4.81. The van der Waals surface area contributed by atoms with Crippen LogP contribution in [0.1, 0.15) is 34.6 Å². The summed E-state index contributed by atoms with van der Waals surface area (Å²) in [4.78, 5) is 38.2. The molecule has 0 atom stereocenters. The number of carbonyl (C=O) groups is 2. The Labute approximate surface area is 119 Å². The summed E-state index contributed by atoms with van der Waals surface area (Å²) in [7, 11) is 0. The van der Waals surface area contributed by atoms with Gasteiger partial charge in [-0.1, -0.05) is 11.6 Å². The largest absolute Gasteiger partial charge is 0.462 e. The van der Waals surface area contributed by atoms with E-state index in [2.05, 4.69) is 4.98 Å². The SMILES string of the molecule is CCOC(=O)c1c[nH]c2cc(Cl)c(C(C)=O)cc2c1=O. The predicted molar refractivity (Wildman–Crippen MR) is 75.5 cm³/mol. The zero-order chi connectivity index (χ0) is 14.9. The number of fused-ring (bicyclic) bond motifs is 1. The molecule has 0 bridgehead atoms. The molecule has 0 aliphatic rings. The van der Waals surface area contributed by atoms with Gasteiger partial charge in [0.1, 0.15) is 5.56 Å². The second kappa shape index (κ2) is 5.46. The van der Waals surface area contributed by atoms with Crippen LogP contribution >= 0.6 is 11.6 Å². The quantitative estimate of drug-likeness (QED) is 0.697. The van der Waals surface area contributed by atoms with Crippen LogP contribution in [0.4, 0.5) is 0 Å². The third kappa shape index (κ3) is 2.44. The van der Waals surface area contributed by atoms with Gasteiger partial charge in [-0.15, -0.1) is 0 Å². The van der Waals surface area contributed by atoms with Crippen LogP contribution < -0.4 is 5.43 Å². The third-order valence-corrected chi connectivity index (χ3v) is 3.16. The number of ketones is 1. The van der Waals surface area contributed by atoms with E-state index in [9.17, 15) is 14.4 Å². The topological polar surface area (TPSA) is 76.2 Å². The molecule has 0 amide bonds. The number of ether oxygens (including phenoxy) is 1. The van der Waals surface area contributed by atoms with Crippen LogP contribution in [-0.2, 0) is 4.74 Å². The van der Waals surface area contributed by atoms with Crippen LogP contribution in [0.15, 0.2) is 23.1 Å². The fourth-order valence-corrected chi connectivity index (χ4v) is 2.17. The molecule has 2 rings (SSSR count). The molecule has 0 aliphatic heterocycles. The molecule has 1 aromatic heterocycles. The van der Waals surface area contributed by atoms with E-state index in [-0.39, 0.29) is 33.9 Å². The molecule has 1 heterocycles. The minimum absolute atomic E-state index is 0.101.